The molecule has 2 atom stereocenters. The standard InChI is InChI=1S/C18H24FN3O2/c1-20-16-7-2-3-10-21-17(23)9-8-15(22-18(16)24)12-13-5-4-6-14(19)11-13/h4-6,8-9,11,15-16,20H,2-3,7,10,12H2,1H3,(H,21,23)(H,22,24)/b9-8+/t15-,16+/m1/s1. The molecule has 1 aromatic rings. The second-order valence-electron chi connectivity index (χ2n) is 5.94. The maximum absolute atomic E-state index is 13.4. The number of hydrogen-bond donors (Lipinski definition) is 3. The van der Waals surface area contributed by atoms with Gasteiger partial charge in [0.1, 0.15) is 5.82 Å². The summed E-state index contributed by atoms with van der Waals surface area (Å²) in [6, 6.07) is 5.60. The maximum Gasteiger partial charge on any atom is 0.243 e. The number of carbonyl (C=O) groups excluding carboxylic acids is 2. The molecule has 3 N–H and O–H groups in total. The van der Waals surface area contributed by atoms with Gasteiger partial charge < -0.3 is 16.0 Å². The summed E-state index contributed by atoms with van der Waals surface area (Å²) < 4.78 is 13.4. The Bertz CT molecular complexity index is 604. The Morgan fingerprint density at radius 2 is 2.12 bits per heavy atom. The zero-order chi connectivity index (χ0) is 17.4. The van der Waals surface area contributed by atoms with Gasteiger partial charge in [0.25, 0.3) is 0 Å². The largest absolute Gasteiger partial charge is 0.353 e. The second-order valence-corrected chi connectivity index (χ2v) is 5.94. The Labute approximate surface area is 141 Å². The molecular formula is C18H24FN3O2. The minimum Gasteiger partial charge on any atom is -0.353 e. The average molecular weight is 333 g/mol. The van der Waals surface area contributed by atoms with Gasteiger partial charge in [-0.2, -0.15) is 0 Å². The zero-order valence-corrected chi connectivity index (χ0v) is 13.8. The van der Waals surface area contributed by atoms with E-state index >= 15 is 0 Å². The fourth-order valence-corrected chi connectivity index (χ4v) is 2.72. The molecule has 0 saturated carbocycles. The molecule has 0 aromatic heterocycles. The third-order valence-electron chi connectivity index (χ3n) is 4.04. The van der Waals surface area contributed by atoms with E-state index in [-0.39, 0.29) is 29.7 Å². The lowest BCUT2D eigenvalue weighted by molar-refractivity contribution is -0.123. The van der Waals surface area contributed by atoms with Gasteiger partial charge in [0.05, 0.1) is 12.1 Å². The van der Waals surface area contributed by atoms with Crippen molar-refractivity contribution in [1.82, 2.24) is 16.0 Å². The summed E-state index contributed by atoms with van der Waals surface area (Å²) in [5.74, 6) is -0.606. The highest BCUT2D eigenvalue weighted by atomic mass is 19.1. The molecule has 6 heteroatoms. The average Bonchev–Trinajstić information content (AvgIpc) is 2.55. The van der Waals surface area contributed by atoms with E-state index in [9.17, 15) is 14.0 Å². The van der Waals surface area contributed by atoms with Crippen LogP contribution < -0.4 is 16.0 Å². The molecule has 0 spiro atoms. The van der Waals surface area contributed by atoms with Crippen LogP contribution >= 0.6 is 0 Å². The minimum absolute atomic E-state index is 0.107. The Kier molecular flexibility index (Phi) is 6.93. The quantitative estimate of drug-likeness (QED) is 0.781. The molecule has 24 heavy (non-hydrogen) atoms. The van der Waals surface area contributed by atoms with Crippen LogP contribution in [0, 0.1) is 5.82 Å². The Morgan fingerprint density at radius 1 is 1.29 bits per heavy atom. The molecule has 2 amide bonds. The summed E-state index contributed by atoms with van der Waals surface area (Å²) in [6.45, 7) is 0.593. The van der Waals surface area contributed by atoms with E-state index in [1.165, 1.54) is 18.2 Å². The molecule has 2 rings (SSSR count). The molecule has 0 unspecified atom stereocenters. The number of benzene rings is 1. The number of hydrogen-bond acceptors (Lipinski definition) is 3. The third-order valence-corrected chi connectivity index (χ3v) is 4.04. The monoisotopic (exact) mass is 333 g/mol. The number of likely N-dealkylation sites (N-methyl/N-ethyl adjacent to an activating group) is 1. The predicted octanol–water partition coefficient (Wildman–Crippen LogP) is 1.30. The van der Waals surface area contributed by atoms with E-state index in [2.05, 4.69) is 16.0 Å². The number of rotatable bonds is 3. The van der Waals surface area contributed by atoms with Crippen molar-refractivity contribution in [3.63, 3.8) is 0 Å². The van der Waals surface area contributed by atoms with Gasteiger partial charge in [-0.15, -0.1) is 0 Å². The molecule has 1 aromatic carbocycles. The van der Waals surface area contributed by atoms with Gasteiger partial charge >= 0.3 is 0 Å². The Morgan fingerprint density at radius 3 is 2.88 bits per heavy atom. The first-order valence-electron chi connectivity index (χ1n) is 8.26. The fourth-order valence-electron chi connectivity index (χ4n) is 2.72. The van der Waals surface area contributed by atoms with Crippen LogP contribution in [0.2, 0.25) is 0 Å². The van der Waals surface area contributed by atoms with Gasteiger partial charge in [-0.1, -0.05) is 18.2 Å². The summed E-state index contributed by atoms with van der Waals surface area (Å²) in [5, 5.41) is 8.78. The van der Waals surface area contributed by atoms with Crippen LogP contribution in [0.4, 0.5) is 4.39 Å². The van der Waals surface area contributed by atoms with E-state index in [1.54, 1.807) is 25.3 Å². The lowest BCUT2D eigenvalue weighted by Crippen LogP contribution is -2.47. The molecular weight excluding hydrogens is 309 g/mol. The molecule has 0 saturated heterocycles. The molecule has 0 bridgehead atoms. The van der Waals surface area contributed by atoms with E-state index in [0.29, 0.717) is 19.4 Å². The lowest BCUT2D eigenvalue weighted by Gasteiger charge is -2.21. The zero-order valence-electron chi connectivity index (χ0n) is 13.8. The summed E-state index contributed by atoms with van der Waals surface area (Å²) in [7, 11) is 1.76. The van der Waals surface area contributed by atoms with Crippen LogP contribution in [0.15, 0.2) is 36.4 Å². The topological polar surface area (TPSA) is 70.2 Å². The van der Waals surface area contributed by atoms with Gasteiger partial charge in [0.15, 0.2) is 0 Å². The third kappa shape index (κ3) is 5.77. The highest BCUT2D eigenvalue weighted by Crippen LogP contribution is 2.09. The molecule has 0 fully saturated rings. The Hall–Kier alpha value is -2.21. The Balaban J connectivity index is 2.15. The van der Waals surface area contributed by atoms with Gasteiger partial charge in [-0.25, -0.2) is 4.39 Å². The van der Waals surface area contributed by atoms with Crippen molar-refractivity contribution < 1.29 is 14.0 Å². The van der Waals surface area contributed by atoms with Crippen molar-refractivity contribution in [1.29, 1.82) is 0 Å². The van der Waals surface area contributed by atoms with Crippen LogP contribution in [-0.2, 0) is 16.0 Å². The van der Waals surface area contributed by atoms with Crippen LogP contribution in [0.1, 0.15) is 24.8 Å². The molecule has 130 valence electrons. The molecule has 0 radical (unpaired) electrons. The van der Waals surface area contributed by atoms with Gasteiger partial charge in [0, 0.05) is 12.6 Å². The SMILES string of the molecule is CN[C@H]1CCCCNC(=O)/C=C/[C@H](Cc2cccc(F)c2)NC1=O. The van der Waals surface area contributed by atoms with Crippen molar-refractivity contribution >= 4 is 11.8 Å². The first-order valence-corrected chi connectivity index (χ1v) is 8.26. The molecule has 1 heterocycles. The van der Waals surface area contributed by atoms with E-state index in [1.807, 2.05) is 0 Å². The number of carbonyl (C=O) groups is 2. The van der Waals surface area contributed by atoms with E-state index < -0.39 is 0 Å². The number of halogens is 1. The maximum atomic E-state index is 13.4. The van der Waals surface area contributed by atoms with Crippen LogP contribution in [0.3, 0.4) is 0 Å². The second kappa shape index (κ2) is 9.17. The smallest absolute Gasteiger partial charge is 0.243 e. The lowest BCUT2D eigenvalue weighted by atomic mass is 10.0. The van der Waals surface area contributed by atoms with Gasteiger partial charge in [-0.05, 0) is 50.4 Å². The van der Waals surface area contributed by atoms with Gasteiger partial charge in [0.2, 0.25) is 11.8 Å². The summed E-state index contributed by atoms with van der Waals surface area (Å²) in [5.41, 5.74) is 0.762. The first kappa shape index (κ1) is 18.1. The van der Waals surface area contributed by atoms with Crippen LogP contribution in [0.5, 0.6) is 0 Å². The predicted molar refractivity (Wildman–Crippen MR) is 90.9 cm³/mol. The summed E-state index contributed by atoms with van der Waals surface area (Å²) >= 11 is 0. The van der Waals surface area contributed by atoms with E-state index in [0.717, 1.165) is 18.4 Å². The minimum atomic E-state index is -0.375. The fraction of sp³-hybridized carbons (Fsp3) is 0.444. The van der Waals surface area contributed by atoms with E-state index in [4.69, 9.17) is 0 Å². The van der Waals surface area contributed by atoms with Gasteiger partial charge in [-0.3, -0.25) is 9.59 Å². The number of amides is 2. The highest BCUT2D eigenvalue weighted by Gasteiger charge is 2.19. The molecule has 1 aliphatic heterocycles. The van der Waals surface area contributed by atoms with Crippen molar-refractivity contribution in [2.45, 2.75) is 37.8 Å². The summed E-state index contributed by atoms with van der Waals surface area (Å²) in [4.78, 5) is 24.2. The molecule has 0 aliphatic carbocycles. The van der Waals surface area contributed by atoms with Crippen LogP contribution in [-0.4, -0.2) is 37.5 Å². The summed E-state index contributed by atoms with van der Waals surface area (Å²) in [6.07, 6.45) is 5.89. The van der Waals surface area contributed by atoms with Crippen LogP contribution in [0.25, 0.3) is 0 Å². The van der Waals surface area contributed by atoms with Crippen molar-refractivity contribution in [3.8, 4) is 0 Å². The molecule has 1 aliphatic rings. The number of nitrogens with one attached hydrogen (secondary N) is 3. The normalized spacial score (nSPS) is 24.2. The van der Waals surface area contributed by atoms with Crippen molar-refractivity contribution in [2.75, 3.05) is 13.6 Å². The first-order chi connectivity index (χ1) is 11.6. The van der Waals surface area contributed by atoms with Crippen molar-refractivity contribution in [2.24, 2.45) is 0 Å². The molecule has 5 nitrogen and oxygen atoms in total. The van der Waals surface area contributed by atoms with Crippen molar-refractivity contribution in [3.05, 3.63) is 47.8 Å². The highest BCUT2D eigenvalue weighted by molar-refractivity contribution is 5.88.